The maximum absolute atomic E-state index is 4.48. The average molecular weight is 484 g/mol. The van der Waals surface area contributed by atoms with Crippen molar-refractivity contribution >= 4 is 41.3 Å². The molecule has 1 aliphatic rings. The van der Waals surface area contributed by atoms with Crippen molar-refractivity contribution in [3.8, 4) is 0 Å². The molecule has 0 radical (unpaired) electrons. The van der Waals surface area contributed by atoms with Crippen molar-refractivity contribution in [3.63, 3.8) is 0 Å². The molecule has 26 heavy (non-hydrogen) atoms. The first-order valence-electron chi connectivity index (χ1n) is 9.19. The van der Waals surface area contributed by atoms with Crippen molar-refractivity contribution in [2.24, 2.45) is 4.99 Å². The Labute approximate surface area is 177 Å². The summed E-state index contributed by atoms with van der Waals surface area (Å²) in [6.45, 7) is 3.97. The SMILES string of the molecule is CCc1cnc(CCNC(=NC)NCC2(c3ccccc3)CCC2)s1.I. The lowest BCUT2D eigenvalue weighted by Gasteiger charge is -2.43. The highest BCUT2D eigenvalue weighted by Gasteiger charge is 2.38. The van der Waals surface area contributed by atoms with E-state index >= 15 is 0 Å². The third kappa shape index (κ3) is 5.19. The van der Waals surface area contributed by atoms with Crippen LogP contribution in [-0.4, -0.2) is 31.1 Å². The predicted molar refractivity (Wildman–Crippen MR) is 122 cm³/mol. The summed E-state index contributed by atoms with van der Waals surface area (Å²) in [5.41, 5.74) is 1.71. The molecule has 1 aromatic heterocycles. The molecule has 1 saturated carbocycles. The first-order chi connectivity index (χ1) is 12.3. The fourth-order valence-electron chi connectivity index (χ4n) is 3.35. The van der Waals surface area contributed by atoms with E-state index in [0.29, 0.717) is 0 Å². The minimum atomic E-state index is 0. The Morgan fingerprint density at radius 3 is 2.58 bits per heavy atom. The van der Waals surface area contributed by atoms with Gasteiger partial charge in [-0.05, 0) is 24.8 Å². The number of thiazole rings is 1. The molecule has 1 fully saturated rings. The van der Waals surface area contributed by atoms with E-state index in [0.717, 1.165) is 31.9 Å². The Morgan fingerprint density at radius 2 is 2.00 bits per heavy atom. The van der Waals surface area contributed by atoms with Gasteiger partial charge >= 0.3 is 0 Å². The molecule has 0 aliphatic heterocycles. The van der Waals surface area contributed by atoms with Crippen molar-refractivity contribution in [1.29, 1.82) is 0 Å². The number of aliphatic imine (C=N–C) groups is 1. The van der Waals surface area contributed by atoms with E-state index in [1.165, 1.54) is 34.7 Å². The standard InChI is InChI=1S/C20H28N4S.HI/c1-3-17-14-23-18(25-17)10-13-22-19(21-2)24-15-20(11-7-12-20)16-8-5-4-6-9-16;/h4-6,8-9,14H,3,7,10-13,15H2,1-2H3,(H2,21,22,24);1H. The van der Waals surface area contributed by atoms with Crippen LogP contribution in [0, 0.1) is 0 Å². The summed E-state index contributed by atoms with van der Waals surface area (Å²) in [7, 11) is 1.84. The minimum absolute atomic E-state index is 0. The Kier molecular flexibility index (Phi) is 8.34. The van der Waals surface area contributed by atoms with Crippen molar-refractivity contribution in [2.45, 2.75) is 44.4 Å². The monoisotopic (exact) mass is 484 g/mol. The summed E-state index contributed by atoms with van der Waals surface area (Å²) in [5.74, 6) is 0.884. The second-order valence-corrected chi connectivity index (χ2v) is 7.88. The Hall–Kier alpha value is -1.15. The van der Waals surface area contributed by atoms with E-state index in [1.54, 1.807) is 0 Å². The summed E-state index contributed by atoms with van der Waals surface area (Å²) < 4.78 is 0. The van der Waals surface area contributed by atoms with Crippen LogP contribution in [0.15, 0.2) is 41.5 Å². The van der Waals surface area contributed by atoms with Gasteiger partial charge in [0, 0.05) is 43.0 Å². The van der Waals surface area contributed by atoms with Crippen molar-refractivity contribution in [3.05, 3.63) is 52.0 Å². The summed E-state index contributed by atoms with van der Waals surface area (Å²) >= 11 is 1.81. The Bertz CT molecular complexity index is 695. The number of guanidine groups is 1. The Morgan fingerprint density at radius 1 is 1.23 bits per heavy atom. The van der Waals surface area contributed by atoms with Crippen LogP contribution >= 0.6 is 35.3 Å². The minimum Gasteiger partial charge on any atom is -0.356 e. The number of rotatable bonds is 7. The maximum atomic E-state index is 4.48. The molecule has 0 saturated heterocycles. The van der Waals surface area contributed by atoms with Crippen LogP contribution in [0.1, 0.15) is 41.6 Å². The number of nitrogens with one attached hydrogen (secondary N) is 2. The average Bonchev–Trinajstić information content (AvgIpc) is 3.08. The van der Waals surface area contributed by atoms with E-state index in [-0.39, 0.29) is 29.4 Å². The smallest absolute Gasteiger partial charge is 0.191 e. The molecule has 0 unspecified atom stereocenters. The van der Waals surface area contributed by atoms with Gasteiger partial charge in [0.05, 0.1) is 5.01 Å². The zero-order chi connectivity index (χ0) is 17.5. The number of hydrogen-bond donors (Lipinski definition) is 2. The van der Waals surface area contributed by atoms with Crippen LogP contribution in [0.3, 0.4) is 0 Å². The van der Waals surface area contributed by atoms with Crippen LogP contribution in [-0.2, 0) is 18.3 Å². The molecule has 2 aromatic rings. The molecule has 142 valence electrons. The lowest BCUT2D eigenvalue weighted by Crippen LogP contribution is -2.49. The normalized spacial score (nSPS) is 15.7. The number of aromatic nitrogens is 1. The highest BCUT2D eigenvalue weighted by molar-refractivity contribution is 14.0. The number of benzene rings is 1. The summed E-state index contributed by atoms with van der Waals surface area (Å²) in [4.78, 5) is 10.2. The van der Waals surface area contributed by atoms with Gasteiger partial charge in [-0.3, -0.25) is 4.99 Å². The molecule has 2 N–H and O–H groups in total. The topological polar surface area (TPSA) is 49.3 Å². The molecule has 0 amide bonds. The summed E-state index contributed by atoms with van der Waals surface area (Å²) in [6, 6.07) is 10.9. The molecule has 0 atom stereocenters. The van der Waals surface area contributed by atoms with E-state index in [2.05, 4.69) is 57.9 Å². The molecule has 4 nitrogen and oxygen atoms in total. The quantitative estimate of drug-likeness (QED) is 0.353. The molecule has 6 heteroatoms. The van der Waals surface area contributed by atoms with Crippen molar-refractivity contribution in [2.75, 3.05) is 20.1 Å². The fraction of sp³-hybridized carbons (Fsp3) is 0.500. The van der Waals surface area contributed by atoms with Gasteiger partial charge in [-0.25, -0.2) is 4.98 Å². The van der Waals surface area contributed by atoms with Gasteiger partial charge in [0.2, 0.25) is 0 Å². The van der Waals surface area contributed by atoms with E-state index in [1.807, 2.05) is 24.6 Å². The molecule has 1 aromatic carbocycles. The lowest BCUT2D eigenvalue weighted by molar-refractivity contribution is 0.244. The van der Waals surface area contributed by atoms with Gasteiger partial charge in [-0.2, -0.15) is 0 Å². The van der Waals surface area contributed by atoms with Crippen LogP contribution < -0.4 is 10.6 Å². The van der Waals surface area contributed by atoms with Gasteiger partial charge in [0.1, 0.15) is 0 Å². The molecule has 1 aliphatic carbocycles. The van der Waals surface area contributed by atoms with Gasteiger partial charge < -0.3 is 10.6 Å². The van der Waals surface area contributed by atoms with Crippen LogP contribution in [0.2, 0.25) is 0 Å². The number of nitrogens with zero attached hydrogens (tertiary/aromatic N) is 2. The molecule has 3 rings (SSSR count). The third-order valence-corrected chi connectivity index (χ3v) is 6.30. The summed E-state index contributed by atoms with van der Waals surface area (Å²) in [5, 5.41) is 8.15. The van der Waals surface area contributed by atoms with Crippen LogP contribution in [0.5, 0.6) is 0 Å². The first kappa shape index (κ1) is 21.2. The molecular formula is C20H29IN4S. The van der Waals surface area contributed by atoms with Gasteiger partial charge in [0.25, 0.3) is 0 Å². The number of aryl methyl sites for hydroxylation is 1. The van der Waals surface area contributed by atoms with Gasteiger partial charge in [-0.1, -0.05) is 43.7 Å². The van der Waals surface area contributed by atoms with Gasteiger partial charge in [-0.15, -0.1) is 35.3 Å². The number of halogens is 1. The second-order valence-electron chi connectivity index (χ2n) is 6.68. The second kappa shape index (κ2) is 10.3. The largest absolute Gasteiger partial charge is 0.356 e. The maximum Gasteiger partial charge on any atom is 0.191 e. The van der Waals surface area contributed by atoms with E-state index in [9.17, 15) is 0 Å². The fourth-order valence-corrected chi connectivity index (χ4v) is 4.21. The zero-order valence-corrected chi connectivity index (χ0v) is 18.8. The van der Waals surface area contributed by atoms with E-state index in [4.69, 9.17) is 0 Å². The third-order valence-electron chi connectivity index (χ3n) is 5.10. The molecule has 0 bridgehead atoms. The van der Waals surface area contributed by atoms with Crippen molar-refractivity contribution in [1.82, 2.24) is 15.6 Å². The molecule has 1 heterocycles. The molecule has 0 spiro atoms. The lowest BCUT2D eigenvalue weighted by atomic mass is 9.64. The van der Waals surface area contributed by atoms with Crippen LogP contribution in [0.25, 0.3) is 0 Å². The van der Waals surface area contributed by atoms with E-state index < -0.39 is 0 Å². The highest BCUT2D eigenvalue weighted by atomic mass is 127. The predicted octanol–water partition coefficient (Wildman–Crippen LogP) is 4.15. The first-order valence-corrected chi connectivity index (χ1v) is 10.0. The highest BCUT2D eigenvalue weighted by Crippen LogP contribution is 2.43. The molecular weight excluding hydrogens is 455 g/mol. The number of hydrogen-bond acceptors (Lipinski definition) is 3. The Balaban J connectivity index is 0.00000243. The van der Waals surface area contributed by atoms with Gasteiger partial charge in [0.15, 0.2) is 5.96 Å². The van der Waals surface area contributed by atoms with Crippen LogP contribution in [0.4, 0.5) is 0 Å². The van der Waals surface area contributed by atoms with Crippen molar-refractivity contribution < 1.29 is 0 Å². The summed E-state index contributed by atoms with van der Waals surface area (Å²) in [6.07, 6.45) is 7.81. The zero-order valence-electron chi connectivity index (χ0n) is 15.6.